The number of carbonyl (C=O) groups is 1. The van der Waals surface area contributed by atoms with Crippen LogP contribution < -0.4 is 10.6 Å². The minimum absolute atomic E-state index is 0. The van der Waals surface area contributed by atoms with E-state index < -0.39 is 0 Å². The predicted octanol–water partition coefficient (Wildman–Crippen LogP) is 1.73. The molecule has 2 rings (SSSR count). The van der Waals surface area contributed by atoms with Crippen molar-refractivity contribution in [2.45, 2.75) is 51.7 Å². The van der Waals surface area contributed by atoms with Gasteiger partial charge in [0.15, 0.2) is 0 Å². The van der Waals surface area contributed by atoms with Crippen molar-refractivity contribution in [3.05, 3.63) is 0 Å². The molecule has 0 radical (unpaired) electrons. The van der Waals surface area contributed by atoms with Gasteiger partial charge in [-0.2, -0.15) is 0 Å². The molecule has 0 aromatic carbocycles. The molecule has 112 valence electrons. The van der Waals surface area contributed by atoms with Gasteiger partial charge in [0.1, 0.15) is 0 Å². The highest BCUT2D eigenvalue weighted by molar-refractivity contribution is 5.85. The van der Waals surface area contributed by atoms with Crippen LogP contribution >= 0.6 is 12.4 Å². The Bertz CT molecular complexity index is 281. The fourth-order valence-electron chi connectivity index (χ4n) is 3.08. The predicted molar refractivity (Wildman–Crippen MR) is 78.6 cm³/mol. The van der Waals surface area contributed by atoms with E-state index >= 15 is 0 Å². The number of rotatable bonds is 4. The molecule has 2 heterocycles. The van der Waals surface area contributed by atoms with E-state index in [1.807, 2.05) is 0 Å². The fraction of sp³-hybridized carbons (Fsp3) is 0.929. The number of hydrogen-bond acceptors (Lipinski definition) is 3. The normalized spacial score (nSPS) is 31.0. The van der Waals surface area contributed by atoms with Gasteiger partial charge in [-0.25, -0.2) is 0 Å². The second-order valence-corrected chi connectivity index (χ2v) is 5.88. The summed E-state index contributed by atoms with van der Waals surface area (Å²) in [6, 6.07) is 0.0343. The molecule has 19 heavy (non-hydrogen) atoms. The van der Waals surface area contributed by atoms with Crippen molar-refractivity contribution < 1.29 is 9.53 Å². The van der Waals surface area contributed by atoms with E-state index in [-0.39, 0.29) is 24.4 Å². The van der Waals surface area contributed by atoms with Crippen molar-refractivity contribution in [3.8, 4) is 0 Å². The summed E-state index contributed by atoms with van der Waals surface area (Å²) in [6.07, 6.45) is 4.67. The van der Waals surface area contributed by atoms with Crippen LogP contribution in [-0.2, 0) is 9.53 Å². The molecule has 0 aliphatic carbocycles. The Morgan fingerprint density at radius 2 is 2.16 bits per heavy atom. The average molecular weight is 291 g/mol. The molecule has 0 aromatic rings. The second kappa shape index (κ2) is 8.08. The zero-order valence-corrected chi connectivity index (χ0v) is 12.8. The summed E-state index contributed by atoms with van der Waals surface area (Å²) in [6.45, 7) is 7.00. The Balaban J connectivity index is 0.00000180. The lowest BCUT2D eigenvalue weighted by Gasteiger charge is -2.34. The number of amides is 1. The number of hydrogen-bond donors (Lipinski definition) is 2. The van der Waals surface area contributed by atoms with Gasteiger partial charge in [-0.3, -0.25) is 4.79 Å². The first kappa shape index (κ1) is 16.7. The highest BCUT2D eigenvalue weighted by Crippen LogP contribution is 2.25. The molecule has 5 heteroatoms. The minimum Gasteiger partial charge on any atom is -0.378 e. The average Bonchev–Trinajstić information content (AvgIpc) is 2.90. The van der Waals surface area contributed by atoms with E-state index in [0.29, 0.717) is 17.9 Å². The van der Waals surface area contributed by atoms with Gasteiger partial charge in [-0.05, 0) is 38.1 Å². The molecule has 3 unspecified atom stereocenters. The van der Waals surface area contributed by atoms with Gasteiger partial charge in [0.2, 0.25) is 5.91 Å². The van der Waals surface area contributed by atoms with E-state index in [1.165, 1.54) is 6.42 Å². The number of halogens is 1. The number of carbonyl (C=O) groups excluding carboxylic acids is 1. The van der Waals surface area contributed by atoms with Crippen molar-refractivity contribution in [1.29, 1.82) is 0 Å². The summed E-state index contributed by atoms with van der Waals surface area (Å²) < 4.78 is 5.84. The highest BCUT2D eigenvalue weighted by atomic mass is 35.5. The summed E-state index contributed by atoms with van der Waals surface area (Å²) in [5, 5.41) is 6.33. The van der Waals surface area contributed by atoms with E-state index in [0.717, 1.165) is 39.0 Å². The Hall–Kier alpha value is -0.320. The maximum atomic E-state index is 12.0. The van der Waals surface area contributed by atoms with Crippen LogP contribution in [0.25, 0.3) is 0 Å². The molecule has 0 aromatic heterocycles. The van der Waals surface area contributed by atoms with Gasteiger partial charge in [-0.1, -0.05) is 13.8 Å². The van der Waals surface area contributed by atoms with Crippen LogP contribution in [0, 0.1) is 11.8 Å². The third kappa shape index (κ3) is 4.62. The van der Waals surface area contributed by atoms with Gasteiger partial charge < -0.3 is 15.4 Å². The van der Waals surface area contributed by atoms with E-state index in [9.17, 15) is 4.79 Å². The maximum Gasteiger partial charge on any atom is 0.237 e. The van der Waals surface area contributed by atoms with Crippen molar-refractivity contribution in [2.75, 3.05) is 19.7 Å². The van der Waals surface area contributed by atoms with Crippen molar-refractivity contribution in [3.63, 3.8) is 0 Å². The van der Waals surface area contributed by atoms with Crippen LogP contribution in [0.5, 0.6) is 0 Å². The van der Waals surface area contributed by atoms with Crippen molar-refractivity contribution in [1.82, 2.24) is 10.6 Å². The summed E-state index contributed by atoms with van der Waals surface area (Å²) in [7, 11) is 0. The Labute approximate surface area is 122 Å². The zero-order valence-electron chi connectivity index (χ0n) is 12.0. The molecule has 2 saturated heterocycles. The quantitative estimate of drug-likeness (QED) is 0.829. The van der Waals surface area contributed by atoms with Crippen LogP contribution in [-0.4, -0.2) is 37.7 Å². The van der Waals surface area contributed by atoms with Crippen molar-refractivity contribution in [2.24, 2.45) is 11.8 Å². The smallest absolute Gasteiger partial charge is 0.237 e. The molecule has 2 N–H and O–H groups in total. The van der Waals surface area contributed by atoms with Gasteiger partial charge in [0.05, 0.1) is 12.1 Å². The Morgan fingerprint density at radius 3 is 2.79 bits per heavy atom. The van der Waals surface area contributed by atoms with Gasteiger partial charge >= 0.3 is 0 Å². The van der Waals surface area contributed by atoms with E-state index in [2.05, 4.69) is 24.5 Å². The van der Waals surface area contributed by atoms with Crippen LogP contribution in [0.4, 0.5) is 0 Å². The standard InChI is InChI=1S/C14H26N2O2.ClH/c1-10(2)13-11(5-4-8-18-13)9-16-14(17)12-6-3-7-15-12;/h10-13,15H,3-9H2,1-2H3,(H,16,17);1H. The highest BCUT2D eigenvalue weighted by Gasteiger charge is 2.29. The van der Waals surface area contributed by atoms with Gasteiger partial charge in [0.25, 0.3) is 0 Å². The lowest BCUT2D eigenvalue weighted by atomic mass is 9.87. The van der Waals surface area contributed by atoms with Crippen molar-refractivity contribution >= 4 is 18.3 Å². The molecule has 2 aliphatic heterocycles. The molecule has 0 saturated carbocycles. The third-order valence-electron chi connectivity index (χ3n) is 4.07. The Kier molecular flexibility index (Phi) is 7.11. The topological polar surface area (TPSA) is 50.4 Å². The largest absolute Gasteiger partial charge is 0.378 e. The molecule has 3 atom stereocenters. The first-order chi connectivity index (χ1) is 8.68. The molecule has 2 fully saturated rings. The lowest BCUT2D eigenvalue weighted by molar-refractivity contribution is -0.123. The first-order valence-electron chi connectivity index (χ1n) is 7.31. The first-order valence-corrected chi connectivity index (χ1v) is 7.31. The summed E-state index contributed by atoms with van der Waals surface area (Å²) >= 11 is 0. The molecule has 4 nitrogen and oxygen atoms in total. The number of ether oxygens (including phenoxy) is 1. The third-order valence-corrected chi connectivity index (χ3v) is 4.07. The Morgan fingerprint density at radius 1 is 1.37 bits per heavy atom. The summed E-state index contributed by atoms with van der Waals surface area (Å²) in [4.78, 5) is 12.0. The summed E-state index contributed by atoms with van der Waals surface area (Å²) in [5.74, 6) is 1.17. The molecule has 1 amide bonds. The molecule has 0 spiro atoms. The molecule has 2 aliphatic rings. The van der Waals surface area contributed by atoms with Crippen LogP contribution in [0.15, 0.2) is 0 Å². The van der Waals surface area contributed by atoms with E-state index in [4.69, 9.17) is 4.74 Å². The minimum atomic E-state index is 0. The molecule has 0 bridgehead atoms. The second-order valence-electron chi connectivity index (χ2n) is 5.88. The molecular formula is C14H27ClN2O2. The molecular weight excluding hydrogens is 264 g/mol. The van der Waals surface area contributed by atoms with Gasteiger partial charge in [0, 0.05) is 19.1 Å². The SMILES string of the molecule is CC(C)C1OCCCC1CNC(=O)C1CCCN1.Cl. The van der Waals surface area contributed by atoms with Crippen LogP contribution in [0.2, 0.25) is 0 Å². The fourth-order valence-corrected chi connectivity index (χ4v) is 3.08. The lowest BCUT2D eigenvalue weighted by Crippen LogP contribution is -2.46. The van der Waals surface area contributed by atoms with Crippen LogP contribution in [0.3, 0.4) is 0 Å². The number of nitrogens with one attached hydrogen (secondary N) is 2. The summed E-state index contributed by atoms with van der Waals surface area (Å²) in [5.41, 5.74) is 0. The monoisotopic (exact) mass is 290 g/mol. The maximum absolute atomic E-state index is 12.0. The zero-order chi connectivity index (χ0) is 13.0. The van der Waals surface area contributed by atoms with E-state index in [1.54, 1.807) is 0 Å². The van der Waals surface area contributed by atoms with Gasteiger partial charge in [-0.15, -0.1) is 12.4 Å². The van der Waals surface area contributed by atoms with Crippen LogP contribution in [0.1, 0.15) is 39.5 Å².